The first-order valence-corrected chi connectivity index (χ1v) is 10.8. The minimum Gasteiger partial charge on any atom is -0.293 e. The minimum absolute atomic E-state index is 0.0837. The molecule has 3 rings (SSSR count). The first kappa shape index (κ1) is 20.0. The highest BCUT2D eigenvalue weighted by molar-refractivity contribution is 8.00. The Bertz CT molecular complexity index is 998. The number of carbonyl (C=O) groups is 1. The molecule has 0 aliphatic rings. The van der Waals surface area contributed by atoms with Crippen molar-refractivity contribution in [2.24, 2.45) is 0 Å². The molecule has 142 valence electrons. The number of ketones is 1. The van der Waals surface area contributed by atoms with Gasteiger partial charge in [0.2, 0.25) is 0 Å². The molecule has 0 amide bonds. The predicted molar refractivity (Wildman–Crippen MR) is 116 cm³/mol. The Morgan fingerprint density at radius 1 is 1.07 bits per heavy atom. The van der Waals surface area contributed by atoms with E-state index in [0.717, 1.165) is 26.6 Å². The number of aromatic nitrogens is 2. The van der Waals surface area contributed by atoms with E-state index >= 15 is 0 Å². The lowest BCUT2D eigenvalue weighted by atomic mass is 9.86. The van der Waals surface area contributed by atoms with E-state index in [2.05, 4.69) is 56.7 Å². The van der Waals surface area contributed by atoms with Crippen LogP contribution in [0, 0.1) is 20.8 Å². The summed E-state index contributed by atoms with van der Waals surface area (Å²) in [4.78, 5) is 24.4. The second kappa shape index (κ2) is 7.36. The first-order chi connectivity index (χ1) is 12.6. The van der Waals surface area contributed by atoms with Gasteiger partial charge in [-0.25, -0.2) is 9.97 Å². The zero-order valence-corrected chi connectivity index (χ0v) is 18.6. The van der Waals surface area contributed by atoms with E-state index in [4.69, 9.17) is 0 Å². The molecule has 0 bridgehead atoms. The summed E-state index contributed by atoms with van der Waals surface area (Å²) in [7, 11) is 0. The van der Waals surface area contributed by atoms with Gasteiger partial charge in [0.1, 0.15) is 15.7 Å². The van der Waals surface area contributed by atoms with Crippen molar-refractivity contribution < 1.29 is 4.79 Å². The molecule has 0 radical (unpaired) electrons. The highest BCUT2D eigenvalue weighted by Gasteiger charge is 2.22. The molecule has 0 spiro atoms. The van der Waals surface area contributed by atoms with Crippen molar-refractivity contribution >= 4 is 39.1 Å². The maximum absolute atomic E-state index is 13.0. The predicted octanol–water partition coefficient (Wildman–Crippen LogP) is 6.28. The average Bonchev–Trinajstić information content (AvgIpc) is 2.87. The first-order valence-electron chi connectivity index (χ1n) is 9.13. The third-order valence-corrected chi connectivity index (χ3v) is 6.99. The van der Waals surface area contributed by atoms with Crippen LogP contribution in [0.15, 0.2) is 29.3 Å². The quantitative estimate of drug-likeness (QED) is 0.295. The van der Waals surface area contributed by atoms with Crippen molar-refractivity contribution in [2.45, 2.75) is 64.2 Å². The molecule has 0 aliphatic carbocycles. The molecule has 27 heavy (non-hydrogen) atoms. The Labute approximate surface area is 169 Å². The number of fused-ring (bicyclic) bond motifs is 1. The van der Waals surface area contributed by atoms with Gasteiger partial charge in [0, 0.05) is 15.8 Å². The molecule has 0 saturated heterocycles. The van der Waals surface area contributed by atoms with E-state index < -0.39 is 0 Å². The van der Waals surface area contributed by atoms with Gasteiger partial charge in [-0.05, 0) is 44.2 Å². The number of aryl methyl sites for hydroxylation is 3. The molecule has 2 heterocycles. The van der Waals surface area contributed by atoms with Crippen molar-refractivity contribution in [1.29, 1.82) is 0 Å². The summed E-state index contributed by atoms with van der Waals surface area (Å²) in [5.74, 6) is 0.884. The van der Waals surface area contributed by atoms with E-state index in [1.807, 2.05) is 26.0 Å². The summed E-state index contributed by atoms with van der Waals surface area (Å²) in [6, 6.07) is 8.01. The van der Waals surface area contributed by atoms with E-state index in [1.165, 1.54) is 27.8 Å². The molecule has 0 aliphatic heterocycles. The van der Waals surface area contributed by atoms with Crippen LogP contribution in [0.2, 0.25) is 0 Å². The van der Waals surface area contributed by atoms with Crippen LogP contribution in [-0.2, 0) is 5.41 Å². The van der Waals surface area contributed by atoms with E-state index in [0.29, 0.717) is 0 Å². The number of rotatable bonds is 4. The monoisotopic (exact) mass is 398 g/mol. The molecule has 0 N–H and O–H groups in total. The second-order valence-corrected chi connectivity index (χ2v) is 10.5. The second-order valence-electron chi connectivity index (χ2n) is 7.99. The number of Topliss-reactive ketones (excluding diaryl/α,β-unsaturated/α-hetero) is 1. The van der Waals surface area contributed by atoms with Gasteiger partial charge in [0.25, 0.3) is 0 Å². The van der Waals surface area contributed by atoms with Crippen molar-refractivity contribution in [2.75, 3.05) is 0 Å². The van der Waals surface area contributed by atoms with Crippen LogP contribution in [0.25, 0.3) is 10.2 Å². The maximum Gasteiger partial charge on any atom is 0.175 e. The van der Waals surface area contributed by atoms with Gasteiger partial charge in [-0.2, -0.15) is 0 Å². The van der Waals surface area contributed by atoms with Gasteiger partial charge < -0.3 is 0 Å². The third kappa shape index (κ3) is 4.09. The van der Waals surface area contributed by atoms with Crippen LogP contribution in [-0.4, -0.2) is 21.0 Å². The minimum atomic E-state index is -0.206. The summed E-state index contributed by atoms with van der Waals surface area (Å²) in [6.07, 6.45) is 0. The van der Waals surface area contributed by atoms with E-state index in [-0.39, 0.29) is 16.4 Å². The Balaban J connectivity index is 1.88. The lowest BCUT2D eigenvalue weighted by Gasteiger charge is -2.19. The summed E-state index contributed by atoms with van der Waals surface area (Å²) in [6.45, 7) is 14.6. The summed E-state index contributed by atoms with van der Waals surface area (Å²) in [5, 5.41) is 1.80. The fraction of sp³-hybridized carbons (Fsp3) is 0.409. The standard InChI is InChI=1S/C22H26N2OS2/c1-12-13(2)26-20-18(12)21(24-15(4)23-20)27-14(3)19(25)16-8-10-17(11-9-16)22(5,6)7/h8-11,14H,1-7H3/t14-/m0/s1. The Morgan fingerprint density at radius 3 is 2.30 bits per heavy atom. The molecule has 0 saturated carbocycles. The fourth-order valence-electron chi connectivity index (χ4n) is 2.99. The number of carbonyl (C=O) groups excluding carboxylic acids is 1. The number of hydrogen-bond acceptors (Lipinski definition) is 5. The van der Waals surface area contributed by atoms with Crippen LogP contribution < -0.4 is 0 Å². The molecule has 3 aromatic rings. The molecule has 0 unspecified atom stereocenters. The van der Waals surface area contributed by atoms with Crippen molar-refractivity contribution in [1.82, 2.24) is 9.97 Å². The normalized spacial score (nSPS) is 13.1. The molecule has 0 fully saturated rings. The van der Waals surface area contributed by atoms with E-state index in [1.54, 1.807) is 11.3 Å². The van der Waals surface area contributed by atoms with Gasteiger partial charge in [0.05, 0.1) is 5.25 Å². The Kier molecular flexibility index (Phi) is 5.46. The van der Waals surface area contributed by atoms with Crippen LogP contribution in [0.3, 0.4) is 0 Å². The van der Waals surface area contributed by atoms with Gasteiger partial charge in [-0.15, -0.1) is 11.3 Å². The highest BCUT2D eigenvalue weighted by atomic mass is 32.2. The van der Waals surface area contributed by atoms with Crippen molar-refractivity contribution in [3.63, 3.8) is 0 Å². The number of nitrogens with zero attached hydrogens (tertiary/aromatic N) is 2. The van der Waals surface area contributed by atoms with Crippen LogP contribution in [0.4, 0.5) is 0 Å². The number of thiophene rings is 1. The van der Waals surface area contributed by atoms with Crippen LogP contribution >= 0.6 is 23.1 Å². The molecule has 1 aromatic carbocycles. The molecule has 2 aromatic heterocycles. The maximum atomic E-state index is 13.0. The highest BCUT2D eigenvalue weighted by Crippen LogP contribution is 2.37. The Hall–Kier alpha value is -1.72. The van der Waals surface area contributed by atoms with Gasteiger partial charge >= 0.3 is 0 Å². The van der Waals surface area contributed by atoms with E-state index in [9.17, 15) is 4.79 Å². The zero-order valence-electron chi connectivity index (χ0n) is 17.0. The zero-order chi connectivity index (χ0) is 19.9. The SMILES string of the molecule is Cc1nc(S[C@@H](C)C(=O)c2ccc(C(C)(C)C)cc2)c2c(C)c(C)sc2n1. The topological polar surface area (TPSA) is 42.9 Å². The summed E-state index contributed by atoms with van der Waals surface area (Å²) < 4.78 is 0. The lowest BCUT2D eigenvalue weighted by molar-refractivity contribution is 0.0994. The summed E-state index contributed by atoms with van der Waals surface area (Å²) >= 11 is 3.23. The van der Waals surface area contributed by atoms with Gasteiger partial charge in [0.15, 0.2) is 5.78 Å². The summed E-state index contributed by atoms with van der Waals surface area (Å²) in [5.41, 5.74) is 3.28. The average molecular weight is 399 g/mol. The molecule has 3 nitrogen and oxygen atoms in total. The van der Waals surface area contributed by atoms with Crippen LogP contribution in [0.1, 0.15) is 59.9 Å². The molecule has 1 atom stereocenters. The van der Waals surface area contributed by atoms with Gasteiger partial charge in [-0.3, -0.25) is 4.79 Å². The molecular formula is C22H26N2OS2. The van der Waals surface area contributed by atoms with Gasteiger partial charge in [-0.1, -0.05) is 56.8 Å². The lowest BCUT2D eigenvalue weighted by Crippen LogP contribution is -2.15. The molecule has 5 heteroatoms. The largest absolute Gasteiger partial charge is 0.293 e. The fourth-order valence-corrected chi connectivity index (χ4v) is 5.26. The van der Waals surface area contributed by atoms with Crippen LogP contribution in [0.5, 0.6) is 0 Å². The number of thioether (sulfide) groups is 1. The Morgan fingerprint density at radius 2 is 1.70 bits per heavy atom. The molecular weight excluding hydrogens is 372 g/mol. The number of benzene rings is 1. The smallest absolute Gasteiger partial charge is 0.175 e. The number of hydrogen-bond donors (Lipinski definition) is 0. The van der Waals surface area contributed by atoms with Crippen molar-refractivity contribution in [3.05, 3.63) is 51.7 Å². The van der Waals surface area contributed by atoms with Crippen molar-refractivity contribution in [3.8, 4) is 0 Å². The third-order valence-electron chi connectivity index (χ3n) is 4.80.